The normalized spacial score (nSPS) is 11.2. The maximum atomic E-state index is 11.9. The molecule has 1 aromatic rings. The van der Waals surface area contributed by atoms with Crippen LogP contribution >= 0.6 is 0 Å². The van der Waals surface area contributed by atoms with Gasteiger partial charge in [0, 0.05) is 20.1 Å². The quantitative estimate of drug-likeness (QED) is 0.812. The Morgan fingerprint density at radius 3 is 2.50 bits per heavy atom. The molecule has 0 saturated heterocycles. The van der Waals surface area contributed by atoms with Gasteiger partial charge in [-0.15, -0.1) is 0 Å². The number of rotatable bonds is 6. The minimum absolute atomic E-state index is 0.0218. The summed E-state index contributed by atoms with van der Waals surface area (Å²) < 4.78 is 10.2. The van der Waals surface area contributed by atoms with Crippen LogP contribution in [0.25, 0.3) is 0 Å². The lowest BCUT2D eigenvalue weighted by Crippen LogP contribution is -2.15. The Hall–Kier alpha value is -1.55. The van der Waals surface area contributed by atoms with Gasteiger partial charge in [-0.25, -0.2) is 0 Å². The van der Waals surface area contributed by atoms with Crippen molar-refractivity contribution in [3.8, 4) is 5.75 Å². The van der Waals surface area contributed by atoms with Crippen molar-refractivity contribution in [1.82, 2.24) is 0 Å². The number of nitrogens with one attached hydrogen (secondary N) is 1. The summed E-state index contributed by atoms with van der Waals surface area (Å²) in [6, 6.07) is 5.90. The molecule has 0 aliphatic carbocycles. The van der Waals surface area contributed by atoms with Crippen molar-refractivity contribution < 1.29 is 14.3 Å². The Bertz CT molecular complexity index is 450. The Balaban J connectivity index is 2.83. The van der Waals surface area contributed by atoms with E-state index in [9.17, 15) is 4.79 Å². The molecule has 1 N–H and O–H groups in total. The highest BCUT2D eigenvalue weighted by Gasteiger charge is 2.16. The van der Waals surface area contributed by atoms with Crippen LogP contribution in [-0.2, 0) is 14.9 Å². The molecule has 0 radical (unpaired) electrons. The third-order valence-electron chi connectivity index (χ3n) is 3.09. The molecule has 1 aromatic carbocycles. The molecule has 0 aliphatic rings. The number of amides is 1. The molecule has 1 amide bonds. The second-order valence-electron chi connectivity index (χ2n) is 5.81. The second kappa shape index (κ2) is 7.29. The molecule has 4 nitrogen and oxygen atoms in total. The molecule has 0 saturated carbocycles. The van der Waals surface area contributed by atoms with Crippen LogP contribution in [0.2, 0.25) is 0 Å². The number of ether oxygens (including phenoxy) is 2. The summed E-state index contributed by atoms with van der Waals surface area (Å²) in [7, 11) is 3.24. The number of hydrogen-bond acceptors (Lipinski definition) is 3. The Morgan fingerprint density at radius 2 is 1.95 bits per heavy atom. The molecular weight excluding hydrogens is 254 g/mol. The van der Waals surface area contributed by atoms with Crippen LogP contribution in [0.1, 0.15) is 39.2 Å². The van der Waals surface area contributed by atoms with Crippen molar-refractivity contribution in [2.24, 2.45) is 0 Å². The second-order valence-corrected chi connectivity index (χ2v) is 5.81. The van der Waals surface area contributed by atoms with Crippen molar-refractivity contribution in [3.05, 3.63) is 23.8 Å². The topological polar surface area (TPSA) is 47.6 Å². The third-order valence-corrected chi connectivity index (χ3v) is 3.09. The summed E-state index contributed by atoms with van der Waals surface area (Å²) in [4.78, 5) is 11.9. The minimum atomic E-state index is -0.0218. The monoisotopic (exact) mass is 279 g/mol. The first-order valence-electron chi connectivity index (χ1n) is 6.86. The maximum absolute atomic E-state index is 11.9. The van der Waals surface area contributed by atoms with E-state index in [-0.39, 0.29) is 11.3 Å². The average Bonchev–Trinajstić information content (AvgIpc) is 2.38. The summed E-state index contributed by atoms with van der Waals surface area (Å²) in [5.74, 6) is 0.657. The number of benzene rings is 1. The standard InChI is InChI=1S/C16H25NO3/c1-16(2,3)12-8-9-14(20-5)13(11-12)17-15(18)7-6-10-19-4/h8-9,11H,6-7,10H2,1-5H3,(H,17,18). The van der Waals surface area contributed by atoms with Crippen molar-refractivity contribution in [3.63, 3.8) is 0 Å². The minimum Gasteiger partial charge on any atom is -0.495 e. The SMILES string of the molecule is COCCCC(=O)Nc1cc(C(C)(C)C)ccc1OC. The fraction of sp³-hybridized carbons (Fsp3) is 0.562. The summed E-state index contributed by atoms with van der Waals surface area (Å²) in [5.41, 5.74) is 1.91. The van der Waals surface area contributed by atoms with Gasteiger partial charge in [0.25, 0.3) is 0 Å². The molecule has 0 aliphatic heterocycles. The maximum Gasteiger partial charge on any atom is 0.224 e. The molecule has 4 heteroatoms. The molecule has 112 valence electrons. The van der Waals surface area contributed by atoms with Gasteiger partial charge in [0.15, 0.2) is 0 Å². The Kier molecular flexibility index (Phi) is 6.02. The van der Waals surface area contributed by atoms with Crippen LogP contribution in [0.4, 0.5) is 5.69 Å². The lowest BCUT2D eigenvalue weighted by atomic mass is 9.87. The van der Waals surface area contributed by atoms with Crippen LogP contribution in [0.5, 0.6) is 5.75 Å². The van der Waals surface area contributed by atoms with Crippen molar-refractivity contribution in [2.75, 3.05) is 26.1 Å². The molecule has 0 aromatic heterocycles. The predicted molar refractivity (Wildman–Crippen MR) is 81.4 cm³/mol. The summed E-state index contributed by atoms with van der Waals surface area (Å²) in [6.45, 7) is 7.00. The van der Waals surface area contributed by atoms with Crippen LogP contribution in [0.3, 0.4) is 0 Å². The molecule has 0 heterocycles. The van der Waals surface area contributed by atoms with Crippen molar-refractivity contribution in [2.45, 2.75) is 39.0 Å². The van der Waals surface area contributed by atoms with Gasteiger partial charge >= 0.3 is 0 Å². The molecule has 0 atom stereocenters. The zero-order chi connectivity index (χ0) is 15.2. The van der Waals surface area contributed by atoms with E-state index in [2.05, 4.69) is 26.1 Å². The van der Waals surface area contributed by atoms with Crippen LogP contribution in [-0.4, -0.2) is 26.7 Å². The summed E-state index contributed by atoms with van der Waals surface area (Å²) in [5, 5.41) is 2.91. The highest BCUT2D eigenvalue weighted by atomic mass is 16.5. The largest absolute Gasteiger partial charge is 0.495 e. The zero-order valence-electron chi connectivity index (χ0n) is 13.1. The number of methoxy groups -OCH3 is 2. The average molecular weight is 279 g/mol. The fourth-order valence-corrected chi connectivity index (χ4v) is 1.86. The molecular formula is C16H25NO3. The van der Waals surface area contributed by atoms with Crippen molar-refractivity contribution >= 4 is 11.6 Å². The smallest absolute Gasteiger partial charge is 0.224 e. The first-order valence-corrected chi connectivity index (χ1v) is 6.86. The number of carbonyl (C=O) groups is 1. The molecule has 20 heavy (non-hydrogen) atoms. The van der Waals surface area contributed by atoms with E-state index in [1.54, 1.807) is 14.2 Å². The van der Waals surface area contributed by atoms with Crippen molar-refractivity contribution in [1.29, 1.82) is 0 Å². The first-order chi connectivity index (χ1) is 9.38. The van der Waals surface area contributed by atoms with E-state index in [1.165, 1.54) is 0 Å². The van der Waals surface area contributed by atoms with Gasteiger partial charge in [-0.2, -0.15) is 0 Å². The van der Waals surface area contributed by atoms with E-state index in [0.29, 0.717) is 25.2 Å². The van der Waals surface area contributed by atoms with Gasteiger partial charge in [0.2, 0.25) is 5.91 Å². The zero-order valence-corrected chi connectivity index (χ0v) is 13.1. The van der Waals surface area contributed by atoms with Gasteiger partial charge < -0.3 is 14.8 Å². The summed E-state index contributed by atoms with van der Waals surface area (Å²) in [6.07, 6.45) is 1.15. The van der Waals surface area contributed by atoms with E-state index >= 15 is 0 Å². The predicted octanol–water partition coefficient (Wildman–Crippen LogP) is 3.36. The third kappa shape index (κ3) is 4.85. The molecule has 0 spiro atoms. The highest BCUT2D eigenvalue weighted by Crippen LogP contribution is 2.31. The van der Waals surface area contributed by atoms with Gasteiger partial charge in [0.05, 0.1) is 12.8 Å². The van der Waals surface area contributed by atoms with E-state index in [1.807, 2.05) is 18.2 Å². The lowest BCUT2D eigenvalue weighted by molar-refractivity contribution is -0.116. The van der Waals surface area contributed by atoms with Gasteiger partial charge in [-0.05, 0) is 29.5 Å². The highest BCUT2D eigenvalue weighted by molar-refractivity contribution is 5.92. The molecule has 0 unspecified atom stereocenters. The van der Waals surface area contributed by atoms with Gasteiger partial charge in [-0.3, -0.25) is 4.79 Å². The van der Waals surface area contributed by atoms with Gasteiger partial charge in [-0.1, -0.05) is 26.8 Å². The van der Waals surface area contributed by atoms with Crippen LogP contribution < -0.4 is 10.1 Å². The van der Waals surface area contributed by atoms with E-state index in [0.717, 1.165) is 11.3 Å². The van der Waals surface area contributed by atoms with E-state index in [4.69, 9.17) is 9.47 Å². The van der Waals surface area contributed by atoms with Gasteiger partial charge in [0.1, 0.15) is 5.75 Å². The molecule has 0 bridgehead atoms. The first kappa shape index (κ1) is 16.5. The van der Waals surface area contributed by atoms with Crippen LogP contribution in [0.15, 0.2) is 18.2 Å². The fourth-order valence-electron chi connectivity index (χ4n) is 1.86. The Morgan fingerprint density at radius 1 is 1.25 bits per heavy atom. The number of hydrogen-bond donors (Lipinski definition) is 1. The Labute approximate surface area is 121 Å². The van der Waals surface area contributed by atoms with Crippen LogP contribution in [0, 0.1) is 0 Å². The number of anilines is 1. The van der Waals surface area contributed by atoms with E-state index < -0.39 is 0 Å². The molecule has 0 fully saturated rings. The molecule has 1 rings (SSSR count). The lowest BCUT2D eigenvalue weighted by Gasteiger charge is -2.21. The summed E-state index contributed by atoms with van der Waals surface area (Å²) >= 11 is 0. The number of carbonyl (C=O) groups excluding carboxylic acids is 1.